The number of fused-ring (bicyclic) bond motifs is 1. The highest BCUT2D eigenvalue weighted by Gasteiger charge is 2.55. The number of hydrogen-bond donors (Lipinski definition) is 2. The van der Waals surface area contributed by atoms with Crippen LogP contribution in [0.4, 0.5) is 23.1 Å². The number of allylic oxidation sites excluding steroid dienone is 1. The van der Waals surface area contributed by atoms with E-state index < -0.39 is 0 Å². The van der Waals surface area contributed by atoms with Crippen LogP contribution in [0.3, 0.4) is 0 Å². The highest BCUT2D eigenvalue weighted by molar-refractivity contribution is 6.02. The normalized spacial score (nSPS) is 23.5. The van der Waals surface area contributed by atoms with Crippen molar-refractivity contribution in [3.05, 3.63) is 36.0 Å². The van der Waals surface area contributed by atoms with Crippen molar-refractivity contribution in [2.45, 2.75) is 96.2 Å². The summed E-state index contributed by atoms with van der Waals surface area (Å²) in [6.45, 7) is 4.23. The maximum absolute atomic E-state index is 13.4. The number of anilines is 4. The van der Waals surface area contributed by atoms with Crippen molar-refractivity contribution in [1.29, 1.82) is 0 Å². The van der Waals surface area contributed by atoms with Gasteiger partial charge in [-0.25, -0.2) is 4.98 Å². The molecule has 1 spiro atoms. The van der Waals surface area contributed by atoms with Crippen LogP contribution in [0.5, 0.6) is 5.75 Å². The van der Waals surface area contributed by atoms with E-state index in [1.165, 1.54) is 19.8 Å². The Morgan fingerprint density at radius 3 is 2.51 bits per heavy atom. The highest BCUT2D eigenvalue weighted by atomic mass is 16.5. The van der Waals surface area contributed by atoms with Crippen molar-refractivity contribution in [1.82, 2.24) is 15.3 Å². The second-order valence-electron chi connectivity index (χ2n) is 12.6. The molecule has 2 heterocycles. The lowest BCUT2D eigenvalue weighted by Gasteiger charge is -2.31. The van der Waals surface area contributed by atoms with Gasteiger partial charge in [-0.1, -0.05) is 25.0 Å². The monoisotopic (exact) mass is 588 g/mol. The molecule has 1 aromatic carbocycles. The Labute approximate surface area is 254 Å². The SMILES string of the molecule is C/C=C(/NC1CCC(OC(C)=O)CC1)c1ccc(Nc2ncc3c(n2)N(C2CCCC2)CC2(CC2)C(=O)N3C)c(OC)c1. The fourth-order valence-electron chi connectivity index (χ4n) is 7.04. The van der Waals surface area contributed by atoms with Gasteiger partial charge in [0.25, 0.3) is 0 Å². The van der Waals surface area contributed by atoms with E-state index in [1.807, 2.05) is 26.1 Å². The Bertz CT molecular complexity index is 1390. The first kappa shape index (κ1) is 29.3. The fraction of sp³-hybridized carbons (Fsp3) is 0.576. The number of nitrogens with one attached hydrogen (secondary N) is 2. The molecule has 2 N–H and O–H groups in total. The van der Waals surface area contributed by atoms with Gasteiger partial charge >= 0.3 is 5.97 Å². The second kappa shape index (κ2) is 12.1. The van der Waals surface area contributed by atoms with E-state index in [-0.39, 0.29) is 23.4 Å². The van der Waals surface area contributed by atoms with Crippen molar-refractivity contribution < 1.29 is 19.1 Å². The van der Waals surface area contributed by atoms with Crippen molar-refractivity contribution in [3.63, 3.8) is 0 Å². The van der Waals surface area contributed by atoms with Crippen LogP contribution in [0.15, 0.2) is 30.5 Å². The summed E-state index contributed by atoms with van der Waals surface area (Å²) in [4.78, 5) is 38.5. The van der Waals surface area contributed by atoms with E-state index in [0.717, 1.165) is 86.4 Å². The number of rotatable bonds is 8. The molecule has 2 aromatic rings. The van der Waals surface area contributed by atoms with E-state index in [9.17, 15) is 9.59 Å². The highest BCUT2D eigenvalue weighted by Crippen LogP contribution is 2.52. The molecule has 43 heavy (non-hydrogen) atoms. The van der Waals surface area contributed by atoms with Gasteiger partial charge in [-0.2, -0.15) is 4.98 Å². The van der Waals surface area contributed by atoms with Gasteiger partial charge in [-0.3, -0.25) is 9.59 Å². The predicted octanol–water partition coefficient (Wildman–Crippen LogP) is 5.56. The molecule has 10 nitrogen and oxygen atoms in total. The molecule has 3 saturated carbocycles. The Balaban J connectivity index is 1.20. The largest absolute Gasteiger partial charge is 0.495 e. The lowest BCUT2D eigenvalue weighted by Crippen LogP contribution is -2.41. The molecule has 6 rings (SSSR count). The molecular formula is C33H44N6O4. The Morgan fingerprint density at radius 1 is 1.12 bits per heavy atom. The van der Waals surface area contributed by atoms with E-state index >= 15 is 0 Å². The Hall–Kier alpha value is -3.82. The molecule has 4 aliphatic rings. The molecule has 1 amide bonds. The van der Waals surface area contributed by atoms with Crippen LogP contribution in [0.1, 0.15) is 83.6 Å². The summed E-state index contributed by atoms with van der Waals surface area (Å²) in [5.74, 6) is 1.98. The molecule has 0 unspecified atom stereocenters. The summed E-state index contributed by atoms with van der Waals surface area (Å²) in [5, 5.41) is 7.08. The van der Waals surface area contributed by atoms with Crippen LogP contribution in [0.25, 0.3) is 5.70 Å². The van der Waals surface area contributed by atoms with Crippen molar-refractivity contribution >= 4 is 40.7 Å². The summed E-state index contributed by atoms with van der Waals surface area (Å²) in [6, 6.07) is 6.80. The zero-order valence-corrected chi connectivity index (χ0v) is 25.8. The molecule has 230 valence electrons. The van der Waals surface area contributed by atoms with Gasteiger partial charge in [0.2, 0.25) is 11.9 Å². The minimum Gasteiger partial charge on any atom is -0.495 e. The number of nitrogens with zero attached hydrogens (tertiary/aromatic N) is 4. The first-order valence-corrected chi connectivity index (χ1v) is 15.8. The number of methoxy groups -OCH3 is 1. The van der Waals surface area contributed by atoms with Gasteiger partial charge in [0.05, 0.1) is 24.4 Å². The quantitative estimate of drug-likeness (QED) is 0.383. The Morgan fingerprint density at radius 2 is 1.86 bits per heavy atom. The molecule has 3 fully saturated rings. The number of amides is 1. The molecule has 1 aromatic heterocycles. The summed E-state index contributed by atoms with van der Waals surface area (Å²) in [5.41, 5.74) is 3.32. The van der Waals surface area contributed by atoms with Gasteiger partial charge in [-0.15, -0.1) is 0 Å². The van der Waals surface area contributed by atoms with Crippen LogP contribution < -0.4 is 25.2 Å². The first-order valence-electron chi connectivity index (χ1n) is 15.8. The van der Waals surface area contributed by atoms with Gasteiger partial charge < -0.3 is 29.9 Å². The maximum Gasteiger partial charge on any atom is 0.302 e. The molecule has 0 atom stereocenters. The van der Waals surface area contributed by atoms with Crippen LogP contribution in [0.2, 0.25) is 0 Å². The van der Waals surface area contributed by atoms with Gasteiger partial charge in [0.1, 0.15) is 17.5 Å². The van der Waals surface area contributed by atoms with Crippen molar-refractivity contribution in [3.8, 4) is 5.75 Å². The number of carbonyl (C=O) groups is 2. The maximum atomic E-state index is 13.4. The Kier molecular flexibility index (Phi) is 8.20. The minimum absolute atomic E-state index is 0.0196. The number of carbonyl (C=O) groups excluding carboxylic acids is 2. The number of benzene rings is 1. The summed E-state index contributed by atoms with van der Waals surface area (Å²) in [6.07, 6.45) is 14.1. The molecule has 0 bridgehead atoms. The van der Waals surface area contributed by atoms with Crippen LogP contribution in [0, 0.1) is 5.41 Å². The van der Waals surface area contributed by atoms with Crippen molar-refractivity contribution in [2.75, 3.05) is 35.8 Å². The third-order valence-electron chi connectivity index (χ3n) is 9.65. The number of esters is 1. The molecular weight excluding hydrogens is 544 g/mol. The van der Waals surface area contributed by atoms with Crippen LogP contribution in [-0.4, -0.2) is 60.7 Å². The predicted molar refractivity (Wildman–Crippen MR) is 168 cm³/mol. The molecule has 1 aliphatic heterocycles. The molecule has 0 saturated heterocycles. The molecule has 3 aliphatic carbocycles. The summed E-state index contributed by atoms with van der Waals surface area (Å²) in [7, 11) is 3.52. The van der Waals surface area contributed by atoms with E-state index in [4.69, 9.17) is 14.5 Å². The average molecular weight is 589 g/mol. The summed E-state index contributed by atoms with van der Waals surface area (Å²) >= 11 is 0. The van der Waals surface area contributed by atoms with Crippen LogP contribution >= 0.6 is 0 Å². The zero-order chi connectivity index (χ0) is 30.1. The summed E-state index contributed by atoms with van der Waals surface area (Å²) < 4.78 is 11.2. The smallest absolute Gasteiger partial charge is 0.302 e. The minimum atomic E-state index is -0.287. The van der Waals surface area contributed by atoms with Gasteiger partial charge in [-0.05, 0) is 70.4 Å². The topological polar surface area (TPSA) is 109 Å². The fourth-order valence-corrected chi connectivity index (χ4v) is 7.04. The third kappa shape index (κ3) is 6.01. The van der Waals surface area contributed by atoms with Gasteiger partial charge in [0.15, 0.2) is 5.82 Å². The van der Waals surface area contributed by atoms with Crippen molar-refractivity contribution in [2.24, 2.45) is 5.41 Å². The zero-order valence-electron chi connectivity index (χ0n) is 25.8. The van der Waals surface area contributed by atoms with E-state index in [0.29, 0.717) is 23.8 Å². The van der Waals surface area contributed by atoms with E-state index in [2.05, 4.69) is 32.7 Å². The number of aromatic nitrogens is 2. The van der Waals surface area contributed by atoms with Crippen LogP contribution in [-0.2, 0) is 14.3 Å². The molecule has 10 heteroatoms. The first-order chi connectivity index (χ1) is 20.8. The second-order valence-corrected chi connectivity index (χ2v) is 12.6. The number of ether oxygens (including phenoxy) is 2. The third-order valence-corrected chi connectivity index (χ3v) is 9.65. The lowest BCUT2D eigenvalue weighted by molar-refractivity contribution is -0.147. The lowest BCUT2D eigenvalue weighted by atomic mass is 9.92. The number of hydrogen-bond acceptors (Lipinski definition) is 9. The molecule has 0 radical (unpaired) electrons. The average Bonchev–Trinajstić information content (AvgIpc) is 3.62. The standard InChI is InChI=1S/C33H44N6O4/c1-5-26(35-23-11-13-25(14-12-23)43-21(2)40)22-10-15-27(29(18-22)42-4)36-32-34-19-28-30(37-32)39(24-8-6-7-9-24)20-33(16-17-33)31(41)38(28)3/h5,10,15,18-19,23-25,35H,6-9,11-14,16-17,20H2,1-4H3,(H,34,36,37)/b26-5+. The van der Waals surface area contributed by atoms with E-state index in [1.54, 1.807) is 18.2 Å². The van der Waals surface area contributed by atoms with Gasteiger partial charge in [0, 0.05) is 43.9 Å².